The van der Waals surface area contributed by atoms with Crippen LogP contribution in [0.15, 0.2) is 164 Å². The van der Waals surface area contributed by atoms with Crippen LogP contribution < -0.4 is 4.90 Å². The van der Waals surface area contributed by atoms with Gasteiger partial charge in [0, 0.05) is 39.7 Å². The van der Waals surface area contributed by atoms with Gasteiger partial charge in [0.15, 0.2) is 0 Å². The van der Waals surface area contributed by atoms with Crippen molar-refractivity contribution in [2.45, 2.75) is 0 Å². The van der Waals surface area contributed by atoms with Crippen molar-refractivity contribution in [3.63, 3.8) is 0 Å². The zero-order valence-electron chi connectivity index (χ0n) is 24.7. The lowest BCUT2D eigenvalue weighted by atomic mass is 10.0. The summed E-state index contributed by atoms with van der Waals surface area (Å²) in [6.07, 6.45) is 8.33. The zero-order valence-corrected chi connectivity index (χ0v) is 24.7. The van der Waals surface area contributed by atoms with Crippen LogP contribution >= 0.6 is 0 Å². The van der Waals surface area contributed by atoms with Crippen LogP contribution in [0, 0.1) is 0 Å². The minimum Gasteiger partial charge on any atom is -0.309 e. The van der Waals surface area contributed by atoms with E-state index in [1.165, 1.54) is 21.8 Å². The number of fused-ring (bicyclic) bond motifs is 4. The number of anilines is 2. The van der Waals surface area contributed by atoms with Gasteiger partial charge in [-0.15, -0.1) is 0 Å². The molecule has 0 fully saturated rings. The van der Waals surface area contributed by atoms with Gasteiger partial charge in [-0.1, -0.05) is 134 Å². The molecular weight excluding hydrogens is 548 g/mol. The Bertz CT molecular complexity index is 2150. The van der Waals surface area contributed by atoms with Crippen LogP contribution in [0.2, 0.25) is 0 Å². The molecule has 8 rings (SSSR count). The fraction of sp³-hybridized carbons (Fsp3) is 0.0244. The molecule has 7 aromatic rings. The number of rotatable bonds is 4. The van der Waals surface area contributed by atoms with E-state index in [-0.39, 0.29) is 0 Å². The van der Waals surface area contributed by atoms with Crippen molar-refractivity contribution in [1.82, 2.24) is 14.5 Å². The van der Waals surface area contributed by atoms with E-state index in [0.29, 0.717) is 12.5 Å². The van der Waals surface area contributed by atoms with Crippen molar-refractivity contribution in [2.75, 3.05) is 11.4 Å². The van der Waals surface area contributed by atoms with Crippen molar-refractivity contribution in [3.8, 4) is 28.2 Å². The van der Waals surface area contributed by atoms with E-state index < -0.39 is 0 Å². The number of aromatic nitrogens is 3. The minimum absolute atomic E-state index is 0.591. The second-order valence-corrected chi connectivity index (χ2v) is 11.2. The first kappa shape index (κ1) is 26.6. The molecule has 5 aromatic carbocycles. The topological polar surface area (TPSA) is 34.0 Å². The molecule has 1 aliphatic rings. The number of allylic oxidation sites excluding steroid dienone is 4. The quantitative estimate of drug-likeness (QED) is 0.208. The van der Waals surface area contributed by atoms with Gasteiger partial charge in [0.1, 0.15) is 0 Å². The van der Waals surface area contributed by atoms with Crippen LogP contribution in [0.4, 0.5) is 11.6 Å². The highest BCUT2D eigenvalue weighted by molar-refractivity contribution is 6.09. The molecular formula is C41H30N4. The molecule has 4 nitrogen and oxygen atoms in total. The second kappa shape index (κ2) is 11.3. The van der Waals surface area contributed by atoms with Gasteiger partial charge in [-0.2, -0.15) is 0 Å². The fourth-order valence-corrected chi connectivity index (χ4v) is 6.22. The Hall–Kier alpha value is -6.00. The Kier molecular flexibility index (Phi) is 6.65. The summed E-state index contributed by atoms with van der Waals surface area (Å²) in [6, 6.07) is 46.5. The Labute approximate surface area is 262 Å². The Morgan fingerprint density at radius 2 is 1.16 bits per heavy atom. The first-order chi connectivity index (χ1) is 22.2. The molecule has 0 atom stereocenters. The monoisotopic (exact) mass is 578 g/mol. The van der Waals surface area contributed by atoms with Crippen LogP contribution in [-0.4, -0.2) is 21.1 Å². The standard InChI is InChI=1S/C41H30N4/c1-29-15-5-4-14-26-44(41-42-36(30-16-6-2-7-17-30)28-37(43-41)31-18-8-3-9-19-31)40-27-32(24-25-33(29)40)45-38-22-12-10-20-34(38)35-21-11-13-23-39(35)45/h2-25,27-28H,1,26H2/b14-4-,15-5-. The van der Waals surface area contributed by atoms with Crippen molar-refractivity contribution in [2.24, 2.45) is 0 Å². The van der Waals surface area contributed by atoms with Crippen LogP contribution in [0.1, 0.15) is 5.56 Å². The van der Waals surface area contributed by atoms with Crippen LogP contribution in [-0.2, 0) is 0 Å². The zero-order chi connectivity index (χ0) is 30.2. The molecule has 2 aromatic heterocycles. The van der Waals surface area contributed by atoms with E-state index in [9.17, 15) is 0 Å². The van der Waals surface area contributed by atoms with Crippen LogP contribution in [0.3, 0.4) is 0 Å². The summed E-state index contributed by atoms with van der Waals surface area (Å²) in [7, 11) is 0. The van der Waals surface area contributed by atoms with E-state index >= 15 is 0 Å². The maximum Gasteiger partial charge on any atom is 0.231 e. The molecule has 1 aliphatic heterocycles. The number of nitrogens with zero attached hydrogens (tertiary/aromatic N) is 4. The average molecular weight is 579 g/mol. The highest BCUT2D eigenvalue weighted by Crippen LogP contribution is 2.38. The SMILES string of the molecule is C=C1/C=C\C=C/CN(c2nc(-c3ccccc3)cc(-c3ccccc3)n2)c2cc(-n3c4ccccc4c4ccccc43)ccc21. The molecule has 3 heterocycles. The maximum absolute atomic E-state index is 5.20. The first-order valence-electron chi connectivity index (χ1n) is 15.2. The summed E-state index contributed by atoms with van der Waals surface area (Å²) in [6.45, 7) is 5.05. The van der Waals surface area contributed by atoms with Gasteiger partial charge in [-0.3, -0.25) is 0 Å². The number of benzene rings is 5. The molecule has 0 saturated carbocycles. The van der Waals surface area contributed by atoms with Gasteiger partial charge in [0.25, 0.3) is 0 Å². The molecule has 4 heteroatoms. The summed E-state index contributed by atoms with van der Waals surface area (Å²) in [5.74, 6) is 0.634. The lowest BCUT2D eigenvalue weighted by molar-refractivity contribution is 0.989. The highest BCUT2D eigenvalue weighted by atomic mass is 15.3. The fourth-order valence-electron chi connectivity index (χ4n) is 6.22. The summed E-state index contributed by atoms with van der Waals surface area (Å²) >= 11 is 0. The average Bonchev–Trinajstić information content (AvgIpc) is 3.47. The molecule has 0 amide bonds. The lowest BCUT2D eigenvalue weighted by Gasteiger charge is -2.26. The Balaban J connectivity index is 1.38. The largest absolute Gasteiger partial charge is 0.309 e. The number of para-hydroxylation sites is 2. The van der Waals surface area contributed by atoms with Gasteiger partial charge in [0.2, 0.25) is 5.95 Å². The lowest BCUT2D eigenvalue weighted by Crippen LogP contribution is -2.21. The van der Waals surface area contributed by atoms with Gasteiger partial charge in [-0.25, -0.2) is 9.97 Å². The third-order valence-electron chi connectivity index (χ3n) is 8.38. The summed E-state index contributed by atoms with van der Waals surface area (Å²) in [5.41, 5.74) is 10.2. The first-order valence-corrected chi connectivity index (χ1v) is 15.2. The molecule has 0 saturated heterocycles. The predicted octanol–water partition coefficient (Wildman–Crippen LogP) is 10.2. The maximum atomic E-state index is 5.20. The Morgan fingerprint density at radius 1 is 0.578 bits per heavy atom. The highest BCUT2D eigenvalue weighted by Gasteiger charge is 2.21. The van der Waals surface area contributed by atoms with E-state index in [1.54, 1.807) is 0 Å². The van der Waals surface area contributed by atoms with Gasteiger partial charge >= 0.3 is 0 Å². The van der Waals surface area contributed by atoms with Crippen molar-refractivity contribution in [3.05, 3.63) is 170 Å². The Morgan fingerprint density at radius 3 is 1.78 bits per heavy atom. The van der Waals surface area contributed by atoms with Gasteiger partial charge in [0.05, 0.1) is 28.1 Å². The van der Waals surface area contributed by atoms with E-state index in [4.69, 9.17) is 9.97 Å². The molecule has 45 heavy (non-hydrogen) atoms. The number of hydrogen-bond acceptors (Lipinski definition) is 3. The van der Waals surface area contributed by atoms with E-state index in [1.807, 2.05) is 42.5 Å². The molecule has 0 aliphatic carbocycles. The molecule has 0 N–H and O–H groups in total. The molecule has 0 unspecified atom stereocenters. The summed E-state index contributed by atoms with van der Waals surface area (Å²) in [4.78, 5) is 12.6. The molecule has 0 radical (unpaired) electrons. The van der Waals surface area contributed by atoms with E-state index in [2.05, 4.69) is 131 Å². The molecule has 214 valence electrons. The smallest absolute Gasteiger partial charge is 0.231 e. The third kappa shape index (κ3) is 4.83. The third-order valence-corrected chi connectivity index (χ3v) is 8.38. The second-order valence-electron chi connectivity index (χ2n) is 11.2. The van der Waals surface area contributed by atoms with Crippen molar-refractivity contribution >= 4 is 39.0 Å². The van der Waals surface area contributed by atoms with Gasteiger partial charge < -0.3 is 9.47 Å². The number of hydrogen-bond donors (Lipinski definition) is 0. The van der Waals surface area contributed by atoms with Crippen molar-refractivity contribution < 1.29 is 0 Å². The minimum atomic E-state index is 0.591. The molecule has 0 bridgehead atoms. The van der Waals surface area contributed by atoms with Crippen LogP contribution in [0.5, 0.6) is 0 Å². The predicted molar refractivity (Wildman–Crippen MR) is 188 cm³/mol. The van der Waals surface area contributed by atoms with Crippen LogP contribution in [0.25, 0.3) is 55.6 Å². The molecule has 0 spiro atoms. The summed E-state index contributed by atoms with van der Waals surface area (Å²) < 4.78 is 2.35. The van der Waals surface area contributed by atoms with Crippen molar-refractivity contribution in [1.29, 1.82) is 0 Å². The van der Waals surface area contributed by atoms with Gasteiger partial charge in [-0.05, 0) is 35.9 Å². The summed E-state index contributed by atoms with van der Waals surface area (Å²) in [5, 5.41) is 2.46. The van der Waals surface area contributed by atoms with E-state index in [0.717, 1.165) is 45.0 Å². The normalized spacial score (nSPS) is 14.5.